The van der Waals surface area contributed by atoms with Crippen molar-refractivity contribution >= 4 is 23.2 Å². The molecule has 6 heteroatoms. The fraction of sp³-hybridized carbons (Fsp3) is 0.143. The van der Waals surface area contributed by atoms with Gasteiger partial charge in [0.2, 0.25) is 0 Å². The maximum atomic E-state index is 10.8. The molecule has 0 radical (unpaired) electrons. The molecule has 0 fully saturated rings. The molecule has 0 spiro atoms. The molecule has 0 saturated carbocycles. The van der Waals surface area contributed by atoms with E-state index in [1.54, 1.807) is 7.11 Å². The van der Waals surface area contributed by atoms with Crippen LogP contribution in [0.3, 0.4) is 0 Å². The SMILES string of the molecule is COc1ccc(C)cc1Nc1ncc(C(=O)O)cc1N. The van der Waals surface area contributed by atoms with Crippen LogP contribution in [0.4, 0.5) is 17.2 Å². The molecule has 0 bridgehead atoms. The number of hydrogen-bond donors (Lipinski definition) is 3. The maximum absolute atomic E-state index is 10.8. The number of nitrogens with two attached hydrogens (primary N) is 1. The summed E-state index contributed by atoms with van der Waals surface area (Å²) < 4.78 is 5.25. The monoisotopic (exact) mass is 273 g/mol. The molecule has 0 atom stereocenters. The molecule has 0 aliphatic rings. The van der Waals surface area contributed by atoms with Crippen molar-refractivity contribution in [1.82, 2.24) is 4.98 Å². The minimum atomic E-state index is -1.07. The Balaban J connectivity index is 2.35. The van der Waals surface area contributed by atoms with Crippen LogP contribution in [0, 0.1) is 6.92 Å². The van der Waals surface area contributed by atoms with Gasteiger partial charge in [0.1, 0.15) is 5.75 Å². The number of carboxylic acids is 1. The number of aromatic nitrogens is 1. The summed E-state index contributed by atoms with van der Waals surface area (Å²) in [5.41, 5.74) is 7.88. The zero-order chi connectivity index (χ0) is 14.7. The summed E-state index contributed by atoms with van der Waals surface area (Å²) >= 11 is 0. The summed E-state index contributed by atoms with van der Waals surface area (Å²) in [4.78, 5) is 14.9. The Morgan fingerprint density at radius 2 is 2.15 bits per heavy atom. The number of hydrogen-bond acceptors (Lipinski definition) is 5. The first-order valence-electron chi connectivity index (χ1n) is 5.91. The predicted octanol–water partition coefficient (Wildman–Crippen LogP) is 2.42. The first-order chi connectivity index (χ1) is 9.51. The average molecular weight is 273 g/mol. The van der Waals surface area contributed by atoms with Gasteiger partial charge in [-0.25, -0.2) is 9.78 Å². The van der Waals surface area contributed by atoms with Crippen molar-refractivity contribution in [3.63, 3.8) is 0 Å². The van der Waals surface area contributed by atoms with Gasteiger partial charge >= 0.3 is 5.97 Å². The zero-order valence-electron chi connectivity index (χ0n) is 11.2. The number of carboxylic acid groups (broad SMARTS) is 1. The molecule has 0 unspecified atom stereocenters. The fourth-order valence-corrected chi connectivity index (χ4v) is 1.75. The molecule has 0 aliphatic carbocycles. The smallest absolute Gasteiger partial charge is 0.337 e. The van der Waals surface area contributed by atoms with E-state index < -0.39 is 5.97 Å². The Morgan fingerprint density at radius 1 is 1.40 bits per heavy atom. The molecule has 0 aliphatic heterocycles. The van der Waals surface area contributed by atoms with Crippen LogP contribution in [-0.2, 0) is 0 Å². The normalized spacial score (nSPS) is 10.1. The third-order valence-electron chi connectivity index (χ3n) is 2.77. The summed E-state index contributed by atoms with van der Waals surface area (Å²) in [5.74, 6) is -0.0260. The summed E-state index contributed by atoms with van der Waals surface area (Å²) in [5, 5.41) is 11.9. The van der Waals surface area contributed by atoms with E-state index in [0.717, 1.165) is 11.3 Å². The molecule has 4 N–H and O–H groups in total. The number of benzene rings is 1. The predicted molar refractivity (Wildman–Crippen MR) is 76.6 cm³/mol. The molecular weight excluding hydrogens is 258 g/mol. The van der Waals surface area contributed by atoms with Crippen molar-refractivity contribution in [2.75, 3.05) is 18.2 Å². The Labute approximate surface area is 116 Å². The average Bonchev–Trinajstić information content (AvgIpc) is 2.41. The number of nitrogens with one attached hydrogen (secondary N) is 1. The number of nitrogens with zero attached hydrogens (tertiary/aromatic N) is 1. The highest BCUT2D eigenvalue weighted by Gasteiger charge is 2.10. The summed E-state index contributed by atoms with van der Waals surface area (Å²) in [6, 6.07) is 7.01. The molecule has 0 saturated heterocycles. The van der Waals surface area contributed by atoms with Gasteiger partial charge in [-0.2, -0.15) is 0 Å². The fourth-order valence-electron chi connectivity index (χ4n) is 1.75. The van der Waals surface area contributed by atoms with Crippen molar-refractivity contribution in [3.8, 4) is 5.75 Å². The number of carbonyl (C=O) groups is 1. The van der Waals surface area contributed by atoms with E-state index in [0.29, 0.717) is 11.6 Å². The van der Waals surface area contributed by atoms with Crippen LogP contribution < -0.4 is 15.8 Å². The lowest BCUT2D eigenvalue weighted by molar-refractivity contribution is 0.0696. The summed E-state index contributed by atoms with van der Waals surface area (Å²) in [6.07, 6.45) is 1.25. The lowest BCUT2D eigenvalue weighted by Crippen LogP contribution is -2.04. The summed E-state index contributed by atoms with van der Waals surface area (Å²) in [6.45, 7) is 1.95. The lowest BCUT2D eigenvalue weighted by atomic mass is 10.2. The third-order valence-corrected chi connectivity index (χ3v) is 2.77. The second-order valence-electron chi connectivity index (χ2n) is 4.30. The van der Waals surface area contributed by atoms with Crippen molar-refractivity contribution in [3.05, 3.63) is 41.6 Å². The number of anilines is 3. The molecule has 20 heavy (non-hydrogen) atoms. The lowest BCUT2D eigenvalue weighted by Gasteiger charge is -2.13. The van der Waals surface area contributed by atoms with E-state index in [-0.39, 0.29) is 11.3 Å². The van der Waals surface area contributed by atoms with Gasteiger partial charge in [-0.1, -0.05) is 6.07 Å². The number of methoxy groups -OCH3 is 1. The minimum absolute atomic E-state index is 0.0456. The van der Waals surface area contributed by atoms with Gasteiger partial charge in [0, 0.05) is 6.20 Å². The molecule has 1 heterocycles. The van der Waals surface area contributed by atoms with E-state index in [2.05, 4.69) is 10.3 Å². The van der Waals surface area contributed by atoms with Crippen LogP contribution in [0.1, 0.15) is 15.9 Å². The Hall–Kier alpha value is -2.76. The molecule has 0 amide bonds. The van der Waals surface area contributed by atoms with Crippen molar-refractivity contribution in [2.24, 2.45) is 0 Å². The van der Waals surface area contributed by atoms with Gasteiger partial charge < -0.3 is 20.9 Å². The third kappa shape index (κ3) is 2.80. The van der Waals surface area contributed by atoms with Crippen LogP contribution in [0.15, 0.2) is 30.5 Å². The summed E-state index contributed by atoms with van der Waals surface area (Å²) in [7, 11) is 1.57. The molecule has 104 valence electrons. The maximum Gasteiger partial charge on any atom is 0.337 e. The number of nitrogen functional groups attached to an aromatic ring is 1. The van der Waals surface area contributed by atoms with Crippen molar-refractivity contribution < 1.29 is 14.6 Å². The molecule has 6 nitrogen and oxygen atoms in total. The van der Waals surface area contributed by atoms with Crippen molar-refractivity contribution in [1.29, 1.82) is 0 Å². The van der Waals surface area contributed by atoms with Crippen LogP contribution in [-0.4, -0.2) is 23.2 Å². The number of aromatic carboxylic acids is 1. The van der Waals surface area contributed by atoms with Crippen molar-refractivity contribution in [2.45, 2.75) is 6.92 Å². The first-order valence-corrected chi connectivity index (χ1v) is 5.91. The topological polar surface area (TPSA) is 97.5 Å². The quantitative estimate of drug-likeness (QED) is 0.791. The first kappa shape index (κ1) is 13.7. The van der Waals surface area contributed by atoms with Gasteiger partial charge in [-0.05, 0) is 30.7 Å². The van der Waals surface area contributed by atoms with Crippen LogP contribution in [0.2, 0.25) is 0 Å². The Bertz CT molecular complexity index is 656. The van der Waals surface area contributed by atoms with Crippen LogP contribution in [0.25, 0.3) is 0 Å². The largest absolute Gasteiger partial charge is 0.495 e. The molecule has 1 aromatic carbocycles. The number of aryl methyl sites for hydroxylation is 1. The molecular formula is C14H15N3O3. The highest BCUT2D eigenvalue weighted by molar-refractivity contribution is 5.89. The highest BCUT2D eigenvalue weighted by atomic mass is 16.5. The molecule has 1 aromatic heterocycles. The van der Waals surface area contributed by atoms with Crippen LogP contribution >= 0.6 is 0 Å². The van der Waals surface area contributed by atoms with Gasteiger partial charge in [0.15, 0.2) is 5.82 Å². The van der Waals surface area contributed by atoms with Gasteiger partial charge in [-0.15, -0.1) is 0 Å². The van der Waals surface area contributed by atoms with E-state index in [1.807, 2.05) is 25.1 Å². The zero-order valence-corrected chi connectivity index (χ0v) is 11.2. The van der Waals surface area contributed by atoms with Crippen LogP contribution in [0.5, 0.6) is 5.75 Å². The second kappa shape index (κ2) is 5.48. The molecule has 2 aromatic rings. The Kier molecular flexibility index (Phi) is 3.74. The minimum Gasteiger partial charge on any atom is -0.495 e. The number of pyridine rings is 1. The highest BCUT2D eigenvalue weighted by Crippen LogP contribution is 2.30. The second-order valence-corrected chi connectivity index (χ2v) is 4.30. The Morgan fingerprint density at radius 3 is 2.75 bits per heavy atom. The number of ether oxygens (including phenoxy) is 1. The van der Waals surface area contributed by atoms with E-state index in [1.165, 1.54) is 12.3 Å². The van der Waals surface area contributed by atoms with E-state index >= 15 is 0 Å². The van der Waals surface area contributed by atoms with Gasteiger partial charge in [0.05, 0.1) is 24.0 Å². The number of rotatable bonds is 4. The standard InChI is InChI=1S/C14H15N3O3/c1-8-3-4-12(20-2)11(5-8)17-13-10(15)6-9(7-16-13)14(18)19/h3-7H,15H2,1-2H3,(H,16,17)(H,18,19). The van der Waals surface area contributed by atoms with E-state index in [4.69, 9.17) is 15.6 Å². The molecule has 2 rings (SSSR count). The van der Waals surface area contributed by atoms with E-state index in [9.17, 15) is 4.79 Å². The van der Waals surface area contributed by atoms with Gasteiger partial charge in [-0.3, -0.25) is 0 Å². The van der Waals surface area contributed by atoms with Gasteiger partial charge in [0.25, 0.3) is 0 Å².